The topological polar surface area (TPSA) is 9.23 Å². The number of hydrogen-bond acceptors (Lipinski definition) is 1. The van der Waals surface area contributed by atoms with Crippen molar-refractivity contribution in [3.63, 3.8) is 0 Å². The number of fused-ring (bicyclic) bond motifs is 1. The molecule has 2 aliphatic rings. The van der Waals surface area contributed by atoms with Crippen LogP contribution < -0.4 is 7.87 Å². The van der Waals surface area contributed by atoms with Crippen LogP contribution in [0.15, 0.2) is 34.4 Å². The van der Waals surface area contributed by atoms with Crippen molar-refractivity contribution in [1.29, 1.82) is 0 Å². The van der Waals surface area contributed by atoms with Crippen molar-refractivity contribution in [3.05, 3.63) is 45.6 Å². The Kier molecular flexibility index (Phi) is 7.88. The molecule has 1 aromatic carbocycles. The molecule has 170 valence electrons. The quantitative estimate of drug-likeness (QED) is 0.295. The molecule has 0 spiro atoms. The van der Waals surface area contributed by atoms with Gasteiger partial charge in [0, 0.05) is 0 Å². The maximum absolute atomic E-state index is 6.33. The molecule has 0 aliphatic heterocycles. The number of halogens is 2. The fourth-order valence-corrected chi connectivity index (χ4v) is 14.7. The van der Waals surface area contributed by atoms with Gasteiger partial charge in [0.2, 0.25) is 0 Å². The van der Waals surface area contributed by atoms with E-state index in [9.17, 15) is 0 Å². The van der Waals surface area contributed by atoms with Crippen molar-refractivity contribution < 1.29 is 2.69 Å². The van der Waals surface area contributed by atoms with Crippen LogP contribution in [-0.2, 0) is 0 Å². The molecule has 3 rings (SSSR count). The Bertz CT molecular complexity index is 934. The van der Waals surface area contributed by atoms with Crippen molar-refractivity contribution in [2.45, 2.75) is 80.4 Å². The molecule has 1 fully saturated rings. The molecule has 0 aromatic heterocycles. The van der Waals surface area contributed by atoms with Crippen LogP contribution in [0.25, 0.3) is 0 Å². The minimum atomic E-state index is -3.05. The summed E-state index contributed by atoms with van der Waals surface area (Å²) in [7, 11) is 10.7. The van der Waals surface area contributed by atoms with Gasteiger partial charge in [0.25, 0.3) is 0 Å². The summed E-state index contributed by atoms with van der Waals surface area (Å²) in [5, 5.41) is 1.43. The molecule has 5 heteroatoms. The fourth-order valence-electron chi connectivity index (χ4n) is 6.64. The van der Waals surface area contributed by atoms with E-state index >= 15 is 0 Å². The van der Waals surface area contributed by atoms with E-state index < -0.39 is 28.8 Å². The zero-order chi connectivity index (χ0) is 23.4. The summed E-state index contributed by atoms with van der Waals surface area (Å²) >= 11 is -3.05. The van der Waals surface area contributed by atoms with Gasteiger partial charge in [-0.15, -0.1) is 0 Å². The summed E-state index contributed by atoms with van der Waals surface area (Å²) in [6.07, 6.45) is 1.29. The van der Waals surface area contributed by atoms with Crippen molar-refractivity contribution in [3.8, 4) is 5.75 Å². The van der Waals surface area contributed by atoms with Gasteiger partial charge in [-0.25, -0.2) is 0 Å². The first-order chi connectivity index (χ1) is 14.3. The molecule has 1 saturated carbocycles. The molecular formula is C26H39Cl2OSiTl. The van der Waals surface area contributed by atoms with E-state index in [0.29, 0.717) is 23.3 Å². The Morgan fingerprint density at radius 1 is 0.903 bits per heavy atom. The average molecular weight is 671 g/mol. The van der Waals surface area contributed by atoms with Crippen molar-refractivity contribution in [1.82, 2.24) is 0 Å². The summed E-state index contributed by atoms with van der Waals surface area (Å²) in [5.41, 5.74) is 9.46. The van der Waals surface area contributed by atoms with Gasteiger partial charge in [0.05, 0.1) is 0 Å². The molecule has 0 N–H and O–H groups in total. The summed E-state index contributed by atoms with van der Waals surface area (Å²) in [5.74, 6) is 3.72. The number of benzene rings is 1. The Labute approximate surface area is 207 Å². The molecule has 0 amide bonds. The molecule has 31 heavy (non-hydrogen) atoms. The molecule has 5 unspecified atom stereocenters. The zero-order valence-electron chi connectivity index (χ0n) is 21.0. The SMILES string of the molecule is CC1=C(C)C2C(C)C(C)CC([Si](C)(C)c3cc(C)cc(C)c3[O][Tl]([Cl])[Cl])C2C(C)=C1C. The van der Waals surface area contributed by atoms with E-state index in [0.717, 1.165) is 11.7 Å². The Balaban J connectivity index is 2.20. The van der Waals surface area contributed by atoms with Crippen LogP contribution >= 0.6 is 16.6 Å². The van der Waals surface area contributed by atoms with Gasteiger partial charge in [-0.05, 0) is 0 Å². The molecule has 0 saturated heterocycles. The second kappa shape index (κ2) is 9.46. The number of hydrogen-bond donors (Lipinski definition) is 0. The molecule has 5 atom stereocenters. The predicted molar refractivity (Wildman–Crippen MR) is 142 cm³/mol. The van der Waals surface area contributed by atoms with E-state index in [1.165, 1.54) is 33.9 Å². The predicted octanol–water partition coefficient (Wildman–Crippen LogP) is 8.03. The first-order valence-electron chi connectivity index (χ1n) is 11.7. The van der Waals surface area contributed by atoms with Crippen LogP contribution in [-0.4, -0.2) is 28.8 Å². The second-order valence-corrected chi connectivity index (χ2v) is 27.5. The van der Waals surface area contributed by atoms with Gasteiger partial charge >= 0.3 is 209 Å². The van der Waals surface area contributed by atoms with Crippen molar-refractivity contribution in [2.24, 2.45) is 23.7 Å². The van der Waals surface area contributed by atoms with Gasteiger partial charge in [0.15, 0.2) is 0 Å². The minimum absolute atomic E-state index is 0.623. The van der Waals surface area contributed by atoms with E-state index in [1.54, 1.807) is 11.1 Å². The normalized spacial score (nSPS) is 29.2. The van der Waals surface area contributed by atoms with Crippen LogP contribution in [0.3, 0.4) is 0 Å². The Morgan fingerprint density at radius 2 is 1.45 bits per heavy atom. The number of rotatable bonds is 4. The Hall–Kier alpha value is 0.219. The number of aryl methyl sites for hydroxylation is 2. The molecular weight excluding hydrogens is 632 g/mol. The average Bonchev–Trinajstić information content (AvgIpc) is 2.67. The second-order valence-electron chi connectivity index (χ2n) is 10.9. The summed E-state index contributed by atoms with van der Waals surface area (Å²) in [6.45, 7) is 23.9. The van der Waals surface area contributed by atoms with E-state index in [1.807, 2.05) is 0 Å². The van der Waals surface area contributed by atoms with Crippen LogP contribution in [0.5, 0.6) is 5.75 Å². The standard InChI is InChI=1S/C26H40OSi.2ClH.Tl/c1-14-11-16(3)26(27)23(12-14)28(9,10)22-13-15(2)17(4)24-20(7)18(5)19(6)21(8)25(22)24;;;/h11-12,15,17,22,24-25,27H,13H2,1-10H3;2*1H;/q;;;+3/p-3. The zero-order valence-corrected chi connectivity index (χ0v) is 28.0. The van der Waals surface area contributed by atoms with Crippen molar-refractivity contribution >= 4 is 50.6 Å². The Morgan fingerprint density at radius 3 is 2.00 bits per heavy atom. The van der Waals surface area contributed by atoms with Gasteiger partial charge < -0.3 is 0 Å². The first-order valence-corrected chi connectivity index (χ1v) is 27.7. The molecule has 0 bridgehead atoms. The van der Waals surface area contributed by atoms with Gasteiger partial charge in [-0.1, -0.05) is 0 Å². The fraction of sp³-hybridized carbons (Fsp3) is 0.615. The van der Waals surface area contributed by atoms with Crippen LogP contribution in [0.4, 0.5) is 0 Å². The van der Waals surface area contributed by atoms with Crippen LogP contribution in [0.1, 0.15) is 59.1 Å². The van der Waals surface area contributed by atoms with E-state index in [4.69, 9.17) is 19.3 Å². The molecule has 2 aliphatic carbocycles. The molecule has 1 aromatic rings. The molecule has 0 heterocycles. The third kappa shape index (κ3) is 4.61. The van der Waals surface area contributed by atoms with Gasteiger partial charge in [-0.3, -0.25) is 0 Å². The maximum atomic E-state index is 6.33. The molecule has 0 radical (unpaired) electrons. The van der Waals surface area contributed by atoms with Gasteiger partial charge in [-0.2, -0.15) is 0 Å². The third-order valence-electron chi connectivity index (χ3n) is 8.90. The van der Waals surface area contributed by atoms with Gasteiger partial charge in [0.1, 0.15) is 0 Å². The third-order valence-corrected chi connectivity index (χ3v) is 16.3. The van der Waals surface area contributed by atoms with Crippen LogP contribution in [0.2, 0.25) is 18.6 Å². The van der Waals surface area contributed by atoms with E-state index in [2.05, 4.69) is 80.6 Å². The molecule has 1 nitrogen and oxygen atoms in total. The van der Waals surface area contributed by atoms with Crippen LogP contribution in [0, 0.1) is 37.5 Å². The summed E-state index contributed by atoms with van der Waals surface area (Å²) in [4.78, 5) is 0. The summed E-state index contributed by atoms with van der Waals surface area (Å²) in [6, 6.07) is 4.60. The number of allylic oxidation sites excluding steroid dienone is 4. The first kappa shape index (κ1) is 25.8. The summed E-state index contributed by atoms with van der Waals surface area (Å²) < 4.78 is 6.24. The van der Waals surface area contributed by atoms with E-state index in [-0.39, 0.29) is 0 Å². The van der Waals surface area contributed by atoms with Crippen molar-refractivity contribution in [2.75, 3.05) is 0 Å². The monoisotopic (exact) mass is 670 g/mol.